The maximum absolute atomic E-state index is 12.0. The van der Waals surface area contributed by atoms with Crippen LogP contribution >= 0.6 is 23.4 Å². The van der Waals surface area contributed by atoms with Crippen LogP contribution in [0.25, 0.3) is 0 Å². The first kappa shape index (κ1) is 14.9. The van der Waals surface area contributed by atoms with Gasteiger partial charge in [-0.1, -0.05) is 30.9 Å². The smallest absolute Gasteiger partial charge is 0.148 e. The molecular formula is C14H21ClN2OS. The Morgan fingerprint density at radius 2 is 2.11 bits per heavy atom. The van der Waals surface area contributed by atoms with E-state index in [9.17, 15) is 4.79 Å². The van der Waals surface area contributed by atoms with Crippen molar-refractivity contribution < 1.29 is 4.79 Å². The number of carbonyl (C=O) groups excluding carboxylic acids is 1. The van der Waals surface area contributed by atoms with Crippen LogP contribution in [0.5, 0.6) is 0 Å². The van der Waals surface area contributed by atoms with Crippen molar-refractivity contribution in [2.75, 3.05) is 5.75 Å². The van der Waals surface area contributed by atoms with Gasteiger partial charge in [0.25, 0.3) is 0 Å². The van der Waals surface area contributed by atoms with Crippen LogP contribution in [0, 0.1) is 6.92 Å². The van der Waals surface area contributed by atoms with Crippen molar-refractivity contribution in [1.29, 1.82) is 0 Å². The fourth-order valence-electron chi connectivity index (χ4n) is 2.55. The van der Waals surface area contributed by atoms with Gasteiger partial charge >= 0.3 is 0 Å². The average Bonchev–Trinajstić information content (AvgIpc) is 2.64. The van der Waals surface area contributed by atoms with E-state index in [-0.39, 0.29) is 5.78 Å². The van der Waals surface area contributed by atoms with Crippen LogP contribution < -0.4 is 0 Å². The SMILES string of the molecule is Cc1nn(C)c(CC(=O)CSC2CCCCC2)c1Cl. The Balaban J connectivity index is 1.83. The number of carbonyl (C=O) groups is 1. The molecule has 0 spiro atoms. The van der Waals surface area contributed by atoms with Crippen LogP contribution in [0.3, 0.4) is 0 Å². The molecule has 0 unspecified atom stereocenters. The van der Waals surface area contributed by atoms with Crippen LogP contribution in [-0.4, -0.2) is 26.6 Å². The summed E-state index contributed by atoms with van der Waals surface area (Å²) in [5.41, 5.74) is 1.64. The summed E-state index contributed by atoms with van der Waals surface area (Å²) in [6.45, 7) is 1.87. The Bertz CT molecular complexity index is 453. The summed E-state index contributed by atoms with van der Waals surface area (Å²) in [6.07, 6.45) is 6.93. The number of hydrogen-bond acceptors (Lipinski definition) is 3. The summed E-state index contributed by atoms with van der Waals surface area (Å²) in [7, 11) is 1.84. The summed E-state index contributed by atoms with van der Waals surface area (Å²) >= 11 is 7.99. The molecule has 1 aromatic rings. The fourth-order valence-corrected chi connectivity index (χ4v) is 3.97. The number of aromatic nitrogens is 2. The highest BCUT2D eigenvalue weighted by Crippen LogP contribution is 2.28. The molecule has 1 aliphatic rings. The van der Waals surface area contributed by atoms with Gasteiger partial charge in [-0.05, 0) is 19.8 Å². The topological polar surface area (TPSA) is 34.9 Å². The molecule has 3 nitrogen and oxygen atoms in total. The van der Waals surface area contributed by atoms with Crippen molar-refractivity contribution >= 4 is 29.1 Å². The Hall–Kier alpha value is -0.480. The number of aryl methyl sites for hydroxylation is 2. The first-order chi connectivity index (χ1) is 9.08. The molecule has 0 N–H and O–H groups in total. The minimum Gasteiger partial charge on any atom is -0.298 e. The van der Waals surface area contributed by atoms with Gasteiger partial charge in [-0.15, -0.1) is 0 Å². The van der Waals surface area contributed by atoms with Crippen molar-refractivity contribution in [2.45, 2.75) is 50.7 Å². The summed E-state index contributed by atoms with van der Waals surface area (Å²) in [6, 6.07) is 0. The lowest BCUT2D eigenvalue weighted by atomic mass is 10.0. The third-order valence-corrected chi connectivity index (χ3v) is 5.58. The minimum absolute atomic E-state index is 0.250. The third-order valence-electron chi connectivity index (χ3n) is 3.66. The van der Waals surface area contributed by atoms with E-state index in [4.69, 9.17) is 11.6 Å². The number of nitrogens with zero attached hydrogens (tertiary/aromatic N) is 2. The number of rotatable bonds is 5. The lowest BCUT2D eigenvalue weighted by molar-refractivity contribution is -0.116. The fraction of sp³-hybridized carbons (Fsp3) is 0.714. The molecule has 0 saturated heterocycles. The van der Waals surface area contributed by atoms with Gasteiger partial charge in [0.2, 0.25) is 0 Å². The van der Waals surface area contributed by atoms with Crippen molar-refractivity contribution in [3.05, 3.63) is 16.4 Å². The highest BCUT2D eigenvalue weighted by atomic mass is 35.5. The number of thioether (sulfide) groups is 1. The standard InChI is InChI=1S/C14H21ClN2OS/c1-10-14(15)13(17(2)16-10)8-11(18)9-19-12-6-4-3-5-7-12/h12H,3-9H2,1-2H3. The summed E-state index contributed by atoms with van der Waals surface area (Å²) in [4.78, 5) is 12.0. The number of Topliss-reactive ketones (excluding diaryl/α,β-unsaturated/α-hetero) is 1. The minimum atomic E-state index is 0.250. The summed E-state index contributed by atoms with van der Waals surface area (Å²) < 4.78 is 1.72. The number of hydrogen-bond donors (Lipinski definition) is 0. The zero-order valence-electron chi connectivity index (χ0n) is 11.6. The molecular weight excluding hydrogens is 280 g/mol. The maximum Gasteiger partial charge on any atom is 0.148 e. The van der Waals surface area contributed by atoms with Crippen LogP contribution in [0.1, 0.15) is 43.5 Å². The summed E-state index contributed by atoms with van der Waals surface area (Å²) in [5.74, 6) is 0.853. The molecule has 1 fully saturated rings. The lowest BCUT2D eigenvalue weighted by Crippen LogP contribution is -2.14. The Labute approximate surface area is 124 Å². The monoisotopic (exact) mass is 300 g/mol. The largest absolute Gasteiger partial charge is 0.298 e. The van der Waals surface area contributed by atoms with Crippen LogP contribution in [0.2, 0.25) is 5.02 Å². The molecule has 106 valence electrons. The van der Waals surface area contributed by atoms with Crippen molar-refractivity contribution in [2.24, 2.45) is 7.05 Å². The lowest BCUT2D eigenvalue weighted by Gasteiger charge is -2.20. The maximum atomic E-state index is 12.0. The zero-order chi connectivity index (χ0) is 13.8. The zero-order valence-corrected chi connectivity index (χ0v) is 13.2. The molecule has 2 rings (SSSR count). The van der Waals surface area contributed by atoms with Crippen LogP contribution in [0.15, 0.2) is 0 Å². The second-order valence-electron chi connectivity index (χ2n) is 5.26. The third kappa shape index (κ3) is 3.99. The van der Waals surface area contributed by atoms with Gasteiger partial charge in [0, 0.05) is 12.3 Å². The molecule has 0 bridgehead atoms. The first-order valence-electron chi connectivity index (χ1n) is 6.89. The molecule has 1 heterocycles. The van der Waals surface area contributed by atoms with Crippen LogP contribution in [0.4, 0.5) is 0 Å². The highest BCUT2D eigenvalue weighted by Gasteiger charge is 2.18. The van der Waals surface area contributed by atoms with Gasteiger partial charge in [0.1, 0.15) is 5.78 Å². The second kappa shape index (κ2) is 6.80. The van der Waals surface area contributed by atoms with Gasteiger partial charge in [-0.25, -0.2) is 0 Å². The van der Waals surface area contributed by atoms with E-state index in [0.717, 1.165) is 11.4 Å². The summed E-state index contributed by atoms with van der Waals surface area (Å²) in [5, 5.41) is 5.56. The van der Waals surface area contributed by atoms with E-state index < -0.39 is 0 Å². The molecule has 0 aromatic carbocycles. The van der Waals surface area contributed by atoms with E-state index in [2.05, 4.69) is 5.10 Å². The molecule has 0 atom stereocenters. The van der Waals surface area contributed by atoms with Crippen molar-refractivity contribution in [3.63, 3.8) is 0 Å². The van der Waals surface area contributed by atoms with Crippen LogP contribution in [-0.2, 0) is 18.3 Å². The van der Waals surface area contributed by atoms with E-state index in [1.54, 1.807) is 4.68 Å². The quantitative estimate of drug-likeness (QED) is 0.834. The van der Waals surface area contributed by atoms with E-state index in [1.165, 1.54) is 32.1 Å². The normalized spacial score (nSPS) is 16.8. The Morgan fingerprint density at radius 1 is 1.42 bits per heavy atom. The van der Waals surface area contributed by atoms with E-state index in [1.807, 2.05) is 25.7 Å². The second-order valence-corrected chi connectivity index (χ2v) is 6.92. The van der Waals surface area contributed by atoms with Gasteiger partial charge < -0.3 is 0 Å². The van der Waals surface area contributed by atoms with Gasteiger partial charge in [-0.2, -0.15) is 16.9 Å². The first-order valence-corrected chi connectivity index (χ1v) is 8.32. The molecule has 19 heavy (non-hydrogen) atoms. The Morgan fingerprint density at radius 3 is 2.68 bits per heavy atom. The number of halogens is 1. The van der Waals surface area contributed by atoms with Gasteiger partial charge in [-0.3, -0.25) is 9.48 Å². The highest BCUT2D eigenvalue weighted by molar-refractivity contribution is 8.00. The van der Waals surface area contributed by atoms with E-state index in [0.29, 0.717) is 22.4 Å². The van der Waals surface area contributed by atoms with Crippen molar-refractivity contribution in [3.8, 4) is 0 Å². The number of ketones is 1. The molecule has 0 amide bonds. The predicted molar refractivity (Wildman–Crippen MR) is 81.0 cm³/mol. The van der Waals surface area contributed by atoms with Gasteiger partial charge in [0.05, 0.1) is 28.6 Å². The molecule has 1 saturated carbocycles. The van der Waals surface area contributed by atoms with Gasteiger partial charge in [0.15, 0.2) is 0 Å². The Kier molecular flexibility index (Phi) is 5.34. The molecule has 1 aliphatic carbocycles. The molecule has 0 aliphatic heterocycles. The average molecular weight is 301 g/mol. The predicted octanol–water partition coefficient (Wildman–Crippen LogP) is 3.56. The van der Waals surface area contributed by atoms with Crippen molar-refractivity contribution in [1.82, 2.24) is 9.78 Å². The van der Waals surface area contributed by atoms with E-state index >= 15 is 0 Å². The molecule has 5 heteroatoms. The molecule has 1 aromatic heterocycles. The molecule has 0 radical (unpaired) electrons.